The van der Waals surface area contributed by atoms with Crippen LogP contribution in [0.5, 0.6) is 0 Å². The van der Waals surface area contributed by atoms with Crippen molar-refractivity contribution in [2.75, 3.05) is 26.4 Å². The van der Waals surface area contributed by atoms with E-state index in [9.17, 15) is 61.0 Å². The first-order valence-electron chi connectivity index (χ1n) is 33.2. The Morgan fingerprint density at radius 1 is 0.417 bits per heavy atom. The van der Waals surface area contributed by atoms with Crippen LogP contribution in [0.25, 0.3) is 0 Å². The van der Waals surface area contributed by atoms with E-state index in [4.69, 9.17) is 28.4 Å². The lowest BCUT2D eigenvalue weighted by Crippen LogP contribution is -2.66. The van der Waals surface area contributed by atoms with E-state index >= 15 is 0 Å². The van der Waals surface area contributed by atoms with Crippen LogP contribution < -0.4 is 5.32 Å². The number of amides is 1. The van der Waals surface area contributed by atoms with Gasteiger partial charge in [0.2, 0.25) is 5.91 Å². The Morgan fingerprint density at radius 3 is 1.19 bits per heavy atom. The van der Waals surface area contributed by atoms with E-state index in [1.54, 1.807) is 6.08 Å². The summed E-state index contributed by atoms with van der Waals surface area (Å²) in [6.45, 7) is 1.72. The highest BCUT2D eigenvalue weighted by Crippen LogP contribution is 2.33. The second kappa shape index (κ2) is 47.9. The molecule has 1 amide bonds. The van der Waals surface area contributed by atoms with Crippen LogP contribution in [0.2, 0.25) is 0 Å². The van der Waals surface area contributed by atoms with Crippen LogP contribution in [0.4, 0.5) is 0 Å². The minimum Gasteiger partial charge on any atom is -0.394 e. The van der Waals surface area contributed by atoms with E-state index in [1.807, 2.05) is 6.08 Å². The van der Waals surface area contributed by atoms with Crippen LogP contribution in [0.15, 0.2) is 36.5 Å². The summed E-state index contributed by atoms with van der Waals surface area (Å²) in [7, 11) is 0. The number of rotatable bonds is 50. The standard InChI is InChI=1S/C65H119NO18/c1-3-5-7-9-11-13-15-17-19-21-23-24-25-27-29-31-33-35-37-39-41-43-53(71)66-48(49(70)42-40-38-36-34-32-30-28-26-22-20-18-16-14-12-10-8-6-4-2)47-79-63-59(77)56(74)61(51(45-68)81-63)84-65-60(78)57(75)62(52(46-69)82-65)83-64-58(76)55(73)54(72)50(44-67)80-64/h22,26,32,34,40,42,48-52,54-65,67-70,72-78H,3-21,23-25,27-31,33,35-39,41,43-47H2,1-2H3,(H,66,71)/b26-22+,34-32+,42-40+. The minimum atomic E-state index is -1.98. The Labute approximate surface area is 504 Å². The molecule has 0 saturated carbocycles. The molecule has 3 saturated heterocycles. The van der Waals surface area contributed by atoms with Crippen molar-refractivity contribution < 1.29 is 89.4 Å². The Bertz CT molecular complexity index is 1670. The topological polar surface area (TPSA) is 307 Å². The molecule has 84 heavy (non-hydrogen) atoms. The van der Waals surface area contributed by atoms with Crippen LogP contribution in [0.3, 0.4) is 0 Å². The molecule has 3 aliphatic rings. The lowest BCUT2D eigenvalue weighted by molar-refractivity contribution is -0.379. The molecule has 17 atom stereocenters. The molecule has 17 unspecified atom stereocenters. The predicted molar refractivity (Wildman–Crippen MR) is 323 cm³/mol. The van der Waals surface area contributed by atoms with Crippen LogP contribution >= 0.6 is 0 Å². The van der Waals surface area contributed by atoms with Crippen molar-refractivity contribution in [1.82, 2.24) is 5.32 Å². The second-order valence-corrected chi connectivity index (χ2v) is 23.9. The Morgan fingerprint density at radius 2 is 0.762 bits per heavy atom. The first-order valence-corrected chi connectivity index (χ1v) is 33.2. The fraction of sp³-hybridized carbons (Fsp3) is 0.892. The number of nitrogens with one attached hydrogen (secondary N) is 1. The monoisotopic (exact) mass is 1200 g/mol. The Hall–Kier alpha value is -1.99. The largest absolute Gasteiger partial charge is 0.394 e. The van der Waals surface area contributed by atoms with Crippen molar-refractivity contribution in [3.8, 4) is 0 Å². The summed E-state index contributed by atoms with van der Waals surface area (Å²) in [6, 6.07) is -0.993. The number of unbranched alkanes of at least 4 members (excludes halogenated alkanes) is 30. The molecule has 492 valence electrons. The van der Waals surface area contributed by atoms with Gasteiger partial charge < -0.3 is 89.9 Å². The third-order valence-electron chi connectivity index (χ3n) is 16.7. The van der Waals surface area contributed by atoms with Crippen LogP contribution in [0, 0.1) is 0 Å². The zero-order valence-corrected chi connectivity index (χ0v) is 51.6. The highest BCUT2D eigenvalue weighted by Gasteiger charge is 2.53. The molecule has 0 aromatic rings. The molecule has 3 aliphatic heterocycles. The van der Waals surface area contributed by atoms with Crippen LogP contribution in [0.1, 0.15) is 239 Å². The third kappa shape index (κ3) is 30.5. The molecule has 0 aliphatic carbocycles. The number of carbonyl (C=O) groups is 1. The van der Waals surface area contributed by atoms with Gasteiger partial charge in [-0.15, -0.1) is 0 Å². The minimum absolute atomic E-state index is 0.236. The highest BCUT2D eigenvalue weighted by atomic mass is 16.8. The summed E-state index contributed by atoms with van der Waals surface area (Å²) in [5, 5.41) is 120. The van der Waals surface area contributed by atoms with Crippen molar-refractivity contribution in [2.45, 2.75) is 343 Å². The second-order valence-electron chi connectivity index (χ2n) is 23.9. The van der Waals surface area contributed by atoms with Gasteiger partial charge in [0.25, 0.3) is 0 Å². The van der Waals surface area contributed by atoms with Gasteiger partial charge in [-0.3, -0.25) is 4.79 Å². The van der Waals surface area contributed by atoms with E-state index in [-0.39, 0.29) is 18.9 Å². The number of allylic oxidation sites excluding steroid dienone is 5. The molecule has 19 heteroatoms. The number of aliphatic hydroxyl groups is 11. The van der Waals surface area contributed by atoms with Crippen LogP contribution in [-0.4, -0.2) is 193 Å². The number of carbonyl (C=O) groups excluding carboxylic acids is 1. The summed E-state index contributed by atoms with van der Waals surface area (Å²) in [6.07, 6.45) is 26.9. The number of aliphatic hydroxyl groups excluding tert-OH is 11. The molecule has 0 radical (unpaired) electrons. The molecule has 12 N–H and O–H groups in total. The van der Waals surface area contributed by atoms with Gasteiger partial charge in [0.05, 0.1) is 38.6 Å². The predicted octanol–water partition coefficient (Wildman–Crippen LogP) is 7.66. The van der Waals surface area contributed by atoms with Crippen molar-refractivity contribution in [1.29, 1.82) is 0 Å². The molecule has 0 aromatic carbocycles. The molecule has 3 fully saturated rings. The SMILES string of the molecule is CCCCCCCCCC/C=C/CC/C=C/CC/C=C/C(O)C(COC1OC(CO)C(OC2OC(CO)C(OC3OC(CO)C(O)C(O)C3O)C(O)C2O)C(O)C1O)NC(=O)CCCCCCCCCCCCCCCCCCCCCCC. The number of hydrogen-bond donors (Lipinski definition) is 12. The molecular weight excluding hydrogens is 1080 g/mol. The fourth-order valence-corrected chi connectivity index (χ4v) is 11.2. The van der Waals surface area contributed by atoms with Gasteiger partial charge in [-0.1, -0.05) is 224 Å². The molecule has 0 spiro atoms. The first-order chi connectivity index (χ1) is 40.8. The summed E-state index contributed by atoms with van der Waals surface area (Å²) < 4.78 is 34.3. The summed E-state index contributed by atoms with van der Waals surface area (Å²) in [5.74, 6) is -0.286. The summed E-state index contributed by atoms with van der Waals surface area (Å²) in [4.78, 5) is 13.4. The smallest absolute Gasteiger partial charge is 0.220 e. The van der Waals surface area contributed by atoms with Gasteiger partial charge >= 0.3 is 0 Å². The third-order valence-corrected chi connectivity index (χ3v) is 16.7. The average Bonchev–Trinajstić information content (AvgIpc) is 2.97. The maximum atomic E-state index is 13.4. The zero-order chi connectivity index (χ0) is 61.2. The highest BCUT2D eigenvalue weighted by molar-refractivity contribution is 5.76. The summed E-state index contributed by atoms with van der Waals surface area (Å²) >= 11 is 0. The quantitative estimate of drug-likeness (QED) is 0.0205. The van der Waals surface area contributed by atoms with Crippen molar-refractivity contribution in [3.63, 3.8) is 0 Å². The molecule has 0 aromatic heterocycles. The normalized spacial score (nSPS) is 29.4. The lowest BCUT2D eigenvalue weighted by Gasteiger charge is -2.48. The van der Waals surface area contributed by atoms with Gasteiger partial charge in [0.15, 0.2) is 18.9 Å². The van der Waals surface area contributed by atoms with Gasteiger partial charge in [0, 0.05) is 6.42 Å². The van der Waals surface area contributed by atoms with E-state index < -0.39 is 124 Å². The zero-order valence-electron chi connectivity index (χ0n) is 51.6. The van der Waals surface area contributed by atoms with Gasteiger partial charge in [-0.25, -0.2) is 0 Å². The lowest BCUT2D eigenvalue weighted by atomic mass is 9.96. The van der Waals surface area contributed by atoms with E-state index in [0.717, 1.165) is 44.9 Å². The molecule has 3 rings (SSSR count). The first kappa shape index (κ1) is 76.3. The van der Waals surface area contributed by atoms with E-state index in [1.165, 1.54) is 161 Å². The van der Waals surface area contributed by atoms with Gasteiger partial charge in [-0.05, 0) is 44.9 Å². The van der Waals surface area contributed by atoms with E-state index in [0.29, 0.717) is 12.8 Å². The van der Waals surface area contributed by atoms with Crippen molar-refractivity contribution >= 4 is 5.91 Å². The fourth-order valence-electron chi connectivity index (χ4n) is 11.2. The van der Waals surface area contributed by atoms with Crippen molar-refractivity contribution in [2.24, 2.45) is 0 Å². The van der Waals surface area contributed by atoms with E-state index in [2.05, 4.69) is 43.5 Å². The van der Waals surface area contributed by atoms with Gasteiger partial charge in [-0.2, -0.15) is 0 Å². The Balaban J connectivity index is 1.48. The molecule has 3 heterocycles. The number of ether oxygens (including phenoxy) is 6. The Kier molecular flexibility index (Phi) is 43.5. The number of hydrogen-bond acceptors (Lipinski definition) is 18. The van der Waals surface area contributed by atoms with Crippen molar-refractivity contribution in [3.05, 3.63) is 36.5 Å². The molecule has 0 bridgehead atoms. The maximum absolute atomic E-state index is 13.4. The average molecular weight is 1200 g/mol. The van der Waals surface area contributed by atoms with Gasteiger partial charge in [0.1, 0.15) is 73.2 Å². The van der Waals surface area contributed by atoms with Crippen LogP contribution in [-0.2, 0) is 33.2 Å². The molecular formula is C65H119NO18. The maximum Gasteiger partial charge on any atom is 0.220 e. The summed E-state index contributed by atoms with van der Waals surface area (Å²) in [5.41, 5.74) is 0. The molecule has 19 nitrogen and oxygen atoms in total.